The minimum atomic E-state index is 0.0145. The standard InChI is InChI=1S/C23H26ClN3O2S/c1-2-3-11-27-23(28)21(22(30-27)17-7-5-4-6-8-17)25-18-9-10-20(19(24)16-18)26-12-14-29-15-13-26/h4-10,16,25H,2-3,11-15H2,1H3. The number of aromatic nitrogens is 1. The highest BCUT2D eigenvalue weighted by Gasteiger charge is 2.18. The van der Waals surface area contributed by atoms with Crippen molar-refractivity contribution < 1.29 is 4.74 Å². The fourth-order valence-electron chi connectivity index (χ4n) is 3.55. The molecular weight excluding hydrogens is 418 g/mol. The number of morpholine rings is 1. The van der Waals surface area contributed by atoms with Crippen LogP contribution in [0.4, 0.5) is 17.1 Å². The van der Waals surface area contributed by atoms with Crippen LogP contribution < -0.4 is 15.8 Å². The van der Waals surface area contributed by atoms with Crippen LogP contribution in [0.25, 0.3) is 10.4 Å². The molecule has 0 atom stereocenters. The molecule has 1 saturated heterocycles. The van der Waals surface area contributed by atoms with Gasteiger partial charge in [0.25, 0.3) is 5.56 Å². The molecule has 1 aromatic heterocycles. The van der Waals surface area contributed by atoms with Crippen molar-refractivity contribution >= 4 is 40.2 Å². The van der Waals surface area contributed by atoms with E-state index < -0.39 is 0 Å². The Bertz CT molecular complexity index is 1040. The quantitative estimate of drug-likeness (QED) is 0.515. The smallest absolute Gasteiger partial charge is 0.284 e. The summed E-state index contributed by atoms with van der Waals surface area (Å²) in [5, 5.41) is 4.03. The molecule has 158 valence electrons. The van der Waals surface area contributed by atoms with Crippen LogP contribution in [-0.4, -0.2) is 30.3 Å². The second-order valence-corrected chi connectivity index (χ2v) is 8.75. The van der Waals surface area contributed by atoms with E-state index in [9.17, 15) is 4.79 Å². The SMILES string of the molecule is CCCCn1sc(-c2ccccc2)c(Nc2ccc(N3CCOCC3)c(Cl)c2)c1=O. The van der Waals surface area contributed by atoms with E-state index >= 15 is 0 Å². The van der Waals surface area contributed by atoms with Gasteiger partial charge in [-0.2, -0.15) is 0 Å². The molecule has 0 amide bonds. The Kier molecular flexibility index (Phi) is 6.77. The molecule has 1 aliphatic heterocycles. The molecule has 5 nitrogen and oxygen atoms in total. The Labute approximate surface area is 186 Å². The fourth-order valence-corrected chi connectivity index (χ4v) is 4.94. The van der Waals surface area contributed by atoms with Crippen LogP contribution in [0.5, 0.6) is 0 Å². The van der Waals surface area contributed by atoms with Crippen LogP contribution in [0.15, 0.2) is 53.3 Å². The normalized spacial score (nSPS) is 14.1. The third kappa shape index (κ3) is 4.56. The van der Waals surface area contributed by atoms with Crippen molar-refractivity contribution in [1.29, 1.82) is 0 Å². The maximum absolute atomic E-state index is 13.1. The van der Waals surface area contributed by atoms with Crippen molar-refractivity contribution in [2.45, 2.75) is 26.3 Å². The highest BCUT2D eigenvalue weighted by atomic mass is 35.5. The van der Waals surface area contributed by atoms with Crippen molar-refractivity contribution in [1.82, 2.24) is 3.96 Å². The first-order valence-corrected chi connectivity index (χ1v) is 11.5. The van der Waals surface area contributed by atoms with E-state index in [2.05, 4.69) is 17.1 Å². The van der Waals surface area contributed by atoms with E-state index in [4.69, 9.17) is 16.3 Å². The number of unbranched alkanes of at least 4 members (excludes halogenated alkanes) is 1. The molecule has 2 aromatic carbocycles. The molecule has 4 rings (SSSR count). The lowest BCUT2D eigenvalue weighted by Crippen LogP contribution is -2.36. The predicted octanol–water partition coefficient (Wildman–Crippen LogP) is 5.61. The lowest BCUT2D eigenvalue weighted by Gasteiger charge is -2.29. The van der Waals surface area contributed by atoms with E-state index in [1.807, 2.05) is 52.5 Å². The summed E-state index contributed by atoms with van der Waals surface area (Å²) in [4.78, 5) is 16.3. The summed E-state index contributed by atoms with van der Waals surface area (Å²) in [6, 6.07) is 15.9. The van der Waals surface area contributed by atoms with Gasteiger partial charge in [-0.1, -0.05) is 66.8 Å². The number of aryl methyl sites for hydroxylation is 1. The molecule has 7 heteroatoms. The Morgan fingerprint density at radius 1 is 1.13 bits per heavy atom. The lowest BCUT2D eigenvalue weighted by molar-refractivity contribution is 0.122. The van der Waals surface area contributed by atoms with Gasteiger partial charge in [-0.15, -0.1) is 0 Å². The summed E-state index contributed by atoms with van der Waals surface area (Å²) in [7, 11) is 0. The van der Waals surface area contributed by atoms with E-state index in [0.29, 0.717) is 23.9 Å². The number of hydrogen-bond donors (Lipinski definition) is 1. The maximum Gasteiger partial charge on any atom is 0.284 e. The number of hydrogen-bond acceptors (Lipinski definition) is 5. The molecule has 0 spiro atoms. The summed E-state index contributed by atoms with van der Waals surface area (Å²) < 4.78 is 7.27. The van der Waals surface area contributed by atoms with E-state index in [-0.39, 0.29) is 5.56 Å². The predicted molar refractivity (Wildman–Crippen MR) is 127 cm³/mol. The highest BCUT2D eigenvalue weighted by molar-refractivity contribution is 7.10. The second-order valence-electron chi connectivity index (χ2n) is 7.31. The zero-order valence-corrected chi connectivity index (χ0v) is 18.6. The Balaban J connectivity index is 1.65. The highest BCUT2D eigenvalue weighted by Crippen LogP contribution is 2.35. The van der Waals surface area contributed by atoms with Gasteiger partial charge in [0.2, 0.25) is 0 Å². The summed E-state index contributed by atoms with van der Waals surface area (Å²) in [6.07, 6.45) is 2.03. The zero-order valence-electron chi connectivity index (χ0n) is 17.1. The fraction of sp³-hybridized carbons (Fsp3) is 0.348. The average Bonchev–Trinajstić information content (AvgIpc) is 3.09. The molecule has 0 radical (unpaired) electrons. The molecule has 0 aliphatic carbocycles. The molecule has 1 fully saturated rings. The number of nitrogens with zero attached hydrogens (tertiary/aromatic N) is 2. The second kappa shape index (κ2) is 9.69. The van der Waals surface area contributed by atoms with Gasteiger partial charge in [-0.05, 0) is 30.2 Å². The van der Waals surface area contributed by atoms with Crippen LogP contribution in [0, 0.1) is 0 Å². The monoisotopic (exact) mass is 443 g/mol. The molecule has 3 aromatic rings. The van der Waals surface area contributed by atoms with Gasteiger partial charge < -0.3 is 15.0 Å². The van der Waals surface area contributed by atoms with Crippen LogP contribution >= 0.6 is 23.1 Å². The van der Waals surface area contributed by atoms with E-state index in [1.54, 1.807) is 0 Å². The van der Waals surface area contributed by atoms with Crippen LogP contribution in [0.3, 0.4) is 0 Å². The van der Waals surface area contributed by atoms with Gasteiger partial charge in [0.1, 0.15) is 5.69 Å². The molecule has 0 unspecified atom stereocenters. The van der Waals surface area contributed by atoms with Crippen LogP contribution in [0.1, 0.15) is 19.8 Å². The number of halogens is 1. The van der Waals surface area contributed by atoms with Gasteiger partial charge in [0, 0.05) is 25.3 Å². The summed E-state index contributed by atoms with van der Waals surface area (Å²) >= 11 is 8.11. The number of anilines is 3. The third-order valence-electron chi connectivity index (χ3n) is 5.19. The topological polar surface area (TPSA) is 46.5 Å². The molecular formula is C23H26ClN3O2S. The molecule has 2 heterocycles. The van der Waals surface area contributed by atoms with Gasteiger partial charge in [-0.3, -0.25) is 8.75 Å². The molecule has 0 saturated carbocycles. The van der Waals surface area contributed by atoms with E-state index in [0.717, 1.165) is 54.3 Å². The Morgan fingerprint density at radius 3 is 2.60 bits per heavy atom. The summed E-state index contributed by atoms with van der Waals surface area (Å²) in [6.45, 7) is 5.95. The lowest BCUT2D eigenvalue weighted by atomic mass is 10.1. The number of benzene rings is 2. The number of rotatable bonds is 7. The molecule has 0 bridgehead atoms. The molecule has 1 aliphatic rings. The Hall–Kier alpha value is -2.28. The van der Waals surface area contributed by atoms with Crippen molar-refractivity contribution in [2.75, 3.05) is 36.5 Å². The third-order valence-corrected chi connectivity index (χ3v) is 6.68. The largest absolute Gasteiger partial charge is 0.378 e. The summed E-state index contributed by atoms with van der Waals surface area (Å²) in [5.74, 6) is 0. The minimum absolute atomic E-state index is 0.0145. The molecule has 30 heavy (non-hydrogen) atoms. The van der Waals surface area contributed by atoms with Crippen molar-refractivity contribution in [3.05, 3.63) is 63.9 Å². The zero-order chi connectivity index (χ0) is 20.9. The van der Waals surface area contributed by atoms with Gasteiger partial charge in [-0.25, -0.2) is 0 Å². The number of ether oxygens (including phenoxy) is 1. The first-order valence-electron chi connectivity index (χ1n) is 10.4. The van der Waals surface area contributed by atoms with Gasteiger partial charge in [0.15, 0.2) is 0 Å². The van der Waals surface area contributed by atoms with Gasteiger partial charge in [0.05, 0.1) is 28.8 Å². The van der Waals surface area contributed by atoms with Crippen molar-refractivity contribution in [2.24, 2.45) is 0 Å². The molecule has 1 N–H and O–H groups in total. The summed E-state index contributed by atoms with van der Waals surface area (Å²) in [5.41, 5.74) is 3.47. The van der Waals surface area contributed by atoms with Crippen LogP contribution in [-0.2, 0) is 11.3 Å². The number of nitrogens with one attached hydrogen (secondary N) is 1. The van der Waals surface area contributed by atoms with Crippen molar-refractivity contribution in [3.8, 4) is 10.4 Å². The first-order chi connectivity index (χ1) is 14.7. The van der Waals surface area contributed by atoms with Crippen molar-refractivity contribution in [3.63, 3.8) is 0 Å². The first kappa shape index (κ1) is 21.0. The average molecular weight is 444 g/mol. The van der Waals surface area contributed by atoms with Gasteiger partial charge >= 0.3 is 0 Å². The maximum atomic E-state index is 13.1. The minimum Gasteiger partial charge on any atom is -0.378 e. The Morgan fingerprint density at radius 2 is 1.90 bits per heavy atom. The van der Waals surface area contributed by atoms with Crippen LogP contribution in [0.2, 0.25) is 5.02 Å². The van der Waals surface area contributed by atoms with E-state index in [1.165, 1.54) is 11.5 Å².